The number of likely N-dealkylation sites (N-methyl/N-ethyl adjacent to an activating group) is 1. The van der Waals surface area contributed by atoms with E-state index in [1.165, 1.54) is 16.0 Å². The first kappa shape index (κ1) is 13.1. The Hall–Kier alpha value is -1.39. The molecule has 2 aromatic rings. The fourth-order valence-electron chi connectivity index (χ4n) is 1.92. The fourth-order valence-corrected chi connectivity index (χ4v) is 2.68. The molecule has 4 heteroatoms. The van der Waals surface area contributed by atoms with E-state index in [-0.39, 0.29) is 0 Å². The van der Waals surface area contributed by atoms with E-state index in [4.69, 9.17) is 4.74 Å². The van der Waals surface area contributed by atoms with E-state index in [2.05, 4.69) is 34.7 Å². The average molecular weight is 262 g/mol. The van der Waals surface area contributed by atoms with Crippen LogP contribution < -0.4 is 10.1 Å². The maximum absolute atomic E-state index is 5.06. The Morgan fingerprint density at radius 1 is 1.44 bits per heavy atom. The molecule has 3 nitrogen and oxygen atoms in total. The molecule has 0 aliphatic heterocycles. The van der Waals surface area contributed by atoms with Crippen molar-refractivity contribution in [2.45, 2.75) is 19.4 Å². The van der Waals surface area contributed by atoms with Crippen LogP contribution in [0.2, 0.25) is 0 Å². The molecule has 2 heterocycles. The highest BCUT2D eigenvalue weighted by Gasteiger charge is 2.11. The van der Waals surface area contributed by atoms with Crippen LogP contribution in [0.1, 0.15) is 22.0 Å². The van der Waals surface area contributed by atoms with Gasteiger partial charge < -0.3 is 10.1 Å². The van der Waals surface area contributed by atoms with E-state index in [0.29, 0.717) is 11.9 Å². The lowest BCUT2D eigenvalue weighted by molar-refractivity contribution is 0.397. The molecule has 0 spiro atoms. The van der Waals surface area contributed by atoms with E-state index >= 15 is 0 Å². The molecule has 0 aliphatic rings. The fraction of sp³-hybridized carbons (Fsp3) is 0.357. The second-order valence-electron chi connectivity index (χ2n) is 4.24. The predicted molar refractivity (Wildman–Crippen MR) is 75.3 cm³/mol. The maximum atomic E-state index is 5.06. The lowest BCUT2D eigenvalue weighted by Gasteiger charge is -2.14. The Balaban J connectivity index is 2.10. The molecule has 0 bridgehead atoms. The summed E-state index contributed by atoms with van der Waals surface area (Å²) in [7, 11) is 3.63. The number of aryl methyl sites for hydroxylation is 1. The smallest absolute Gasteiger partial charge is 0.212 e. The number of rotatable bonds is 5. The second-order valence-corrected chi connectivity index (χ2v) is 5.36. The Morgan fingerprint density at radius 2 is 2.28 bits per heavy atom. The summed E-state index contributed by atoms with van der Waals surface area (Å²) in [4.78, 5) is 5.58. The molecule has 0 radical (unpaired) electrons. The summed E-state index contributed by atoms with van der Waals surface area (Å²) < 4.78 is 5.06. The minimum Gasteiger partial charge on any atom is -0.481 e. The van der Waals surface area contributed by atoms with E-state index in [0.717, 1.165) is 6.42 Å². The second kappa shape index (κ2) is 5.98. The highest BCUT2D eigenvalue weighted by Crippen LogP contribution is 2.23. The number of ether oxygens (including phenoxy) is 1. The van der Waals surface area contributed by atoms with Crippen LogP contribution >= 0.6 is 11.3 Å². The molecular weight excluding hydrogens is 244 g/mol. The Morgan fingerprint density at radius 3 is 2.78 bits per heavy atom. The molecule has 0 fully saturated rings. The molecule has 1 unspecified atom stereocenters. The van der Waals surface area contributed by atoms with Crippen LogP contribution in [-0.4, -0.2) is 19.1 Å². The minimum atomic E-state index is 0.338. The Labute approximate surface area is 112 Å². The van der Waals surface area contributed by atoms with Crippen molar-refractivity contribution in [2.75, 3.05) is 14.2 Å². The van der Waals surface area contributed by atoms with Gasteiger partial charge in [0.25, 0.3) is 0 Å². The summed E-state index contributed by atoms with van der Waals surface area (Å²) in [6.45, 7) is 2.13. The molecule has 18 heavy (non-hydrogen) atoms. The number of nitrogens with zero attached hydrogens (tertiary/aromatic N) is 1. The topological polar surface area (TPSA) is 34.1 Å². The van der Waals surface area contributed by atoms with Crippen molar-refractivity contribution in [3.05, 3.63) is 45.8 Å². The normalized spacial score (nSPS) is 12.4. The molecule has 0 saturated heterocycles. The van der Waals surface area contributed by atoms with Gasteiger partial charge in [-0.05, 0) is 43.0 Å². The molecule has 96 valence electrons. The monoisotopic (exact) mass is 262 g/mol. The summed E-state index contributed by atoms with van der Waals surface area (Å²) in [5.41, 5.74) is 2.55. The molecule has 0 saturated carbocycles. The third kappa shape index (κ3) is 3.09. The van der Waals surface area contributed by atoms with Gasteiger partial charge in [0.2, 0.25) is 5.88 Å². The van der Waals surface area contributed by atoms with Gasteiger partial charge in [-0.15, -0.1) is 11.3 Å². The molecule has 0 aromatic carbocycles. The zero-order chi connectivity index (χ0) is 13.0. The van der Waals surface area contributed by atoms with Gasteiger partial charge in [0.1, 0.15) is 0 Å². The van der Waals surface area contributed by atoms with Crippen LogP contribution in [0.5, 0.6) is 5.88 Å². The molecule has 0 aliphatic carbocycles. The number of hydrogen-bond donors (Lipinski definition) is 1. The van der Waals surface area contributed by atoms with E-state index in [1.807, 2.05) is 19.3 Å². The van der Waals surface area contributed by atoms with Gasteiger partial charge in [-0.1, -0.05) is 6.07 Å². The van der Waals surface area contributed by atoms with Gasteiger partial charge in [-0.25, -0.2) is 4.98 Å². The van der Waals surface area contributed by atoms with Crippen molar-refractivity contribution in [3.8, 4) is 5.88 Å². The van der Waals surface area contributed by atoms with Crippen molar-refractivity contribution in [3.63, 3.8) is 0 Å². The molecule has 1 N–H and O–H groups in total. The van der Waals surface area contributed by atoms with Gasteiger partial charge in [-0.3, -0.25) is 0 Å². The molecule has 1 atom stereocenters. The number of methoxy groups -OCH3 is 1. The lowest BCUT2D eigenvalue weighted by Crippen LogP contribution is -2.18. The van der Waals surface area contributed by atoms with Gasteiger partial charge in [0.05, 0.1) is 7.11 Å². The number of pyridine rings is 1. The maximum Gasteiger partial charge on any atom is 0.212 e. The van der Waals surface area contributed by atoms with Crippen LogP contribution in [0.15, 0.2) is 29.8 Å². The SMILES string of the molecule is CNC(Cc1ccc(OC)nc1)c1csc(C)c1. The summed E-state index contributed by atoms with van der Waals surface area (Å²) in [5.74, 6) is 0.658. The zero-order valence-electron chi connectivity index (χ0n) is 10.9. The third-order valence-electron chi connectivity index (χ3n) is 2.95. The third-order valence-corrected chi connectivity index (χ3v) is 3.83. The van der Waals surface area contributed by atoms with Crippen LogP contribution in [0.4, 0.5) is 0 Å². The summed E-state index contributed by atoms with van der Waals surface area (Å²) in [6, 6.07) is 6.55. The lowest BCUT2D eigenvalue weighted by atomic mass is 10.0. The quantitative estimate of drug-likeness (QED) is 0.899. The summed E-state index contributed by atoms with van der Waals surface area (Å²) >= 11 is 1.79. The first-order valence-electron chi connectivity index (χ1n) is 5.94. The van der Waals surface area contributed by atoms with Crippen molar-refractivity contribution in [1.29, 1.82) is 0 Å². The van der Waals surface area contributed by atoms with Crippen LogP contribution in [-0.2, 0) is 6.42 Å². The van der Waals surface area contributed by atoms with Gasteiger partial charge in [-0.2, -0.15) is 0 Å². The summed E-state index contributed by atoms with van der Waals surface area (Å²) in [6.07, 6.45) is 2.81. The average Bonchev–Trinajstić information content (AvgIpc) is 2.83. The van der Waals surface area contributed by atoms with Gasteiger partial charge in [0.15, 0.2) is 0 Å². The standard InChI is InChI=1S/C14H18N2OS/c1-10-6-12(9-18-10)13(15-2)7-11-4-5-14(17-3)16-8-11/h4-6,8-9,13,15H,7H2,1-3H3. The van der Waals surface area contributed by atoms with Crippen molar-refractivity contribution in [1.82, 2.24) is 10.3 Å². The van der Waals surface area contributed by atoms with Gasteiger partial charge in [0, 0.05) is 23.2 Å². The highest BCUT2D eigenvalue weighted by molar-refractivity contribution is 7.10. The van der Waals surface area contributed by atoms with Crippen LogP contribution in [0.25, 0.3) is 0 Å². The van der Waals surface area contributed by atoms with Gasteiger partial charge >= 0.3 is 0 Å². The van der Waals surface area contributed by atoms with Crippen molar-refractivity contribution >= 4 is 11.3 Å². The van der Waals surface area contributed by atoms with Crippen LogP contribution in [0, 0.1) is 6.92 Å². The van der Waals surface area contributed by atoms with E-state index in [1.54, 1.807) is 18.4 Å². The minimum absolute atomic E-state index is 0.338. The van der Waals surface area contributed by atoms with Crippen molar-refractivity contribution < 1.29 is 4.74 Å². The van der Waals surface area contributed by atoms with E-state index in [9.17, 15) is 0 Å². The first-order valence-corrected chi connectivity index (χ1v) is 6.82. The van der Waals surface area contributed by atoms with Crippen molar-refractivity contribution in [2.24, 2.45) is 0 Å². The largest absolute Gasteiger partial charge is 0.481 e. The number of nitrogens with one attached hydrogen (secondary N) is 1. The molecular formula is C14H18N2OS. The van der Waals surface area contributed by atoms with Crippen LogP contribution in [0.3, 0.4) is 0 Å². The highest BCUT2D eigenvalue weighted by atomic mass is 32.1. The molecule has 0 amide bonds. The molecule has 2 aromatic heterocycles. The predicted octanol–water partition coefficient (Wildman–Crippen LogP) is 2.96. The zero-order valence-corrected chi connectivity index (χ0v) is 11.8. The summed E-state index contributed by atoms with van der Waals surface area (Å²) in [5, 5.41) is 5.57. The first-order chi connectivity index (χ1) is 8.72. The number of aromatic nitrogens is 1. The Bertz CT molecular complexity index is 493. The Kier molecular flexibility index (Phi) is 4.33. The number of thiophene rings is 1. The molecule has 2 rings (SSSR count). The van der Waals surface area contributed by atoms with E-state index < -0.39 is 0 Å². The number of hydrogen-bond acceptors (Lipinski definition) is 4.